The SMILES string of the molecule is CCOC(=O)C(OC(C)=O)c1c(-c2ccnc(OC)c2)cc(F)cc1C(C)C.COc1cc(-c2cc(F)cc(C(C)C)c2C(O)C(=O)O)ccn1. The maximum Gasteiger partial charge on any atom is 0.352 e. The first-order chi connectivity index (χ1) is 24.1. The molecule has 2 aromatic heterocycles. The first-order valence-electron chi connectivity index (χ1n) is 16.0. The lowest BCUT2D eigenvalue weighted by atomic mass is 9.87. The summed E-state index contributed by atoms with van der Waals surface area (Å²) in [5, 5.41) is 19.3. The fourth-order valence-corrected chi connectivity index (χ4v) is 5.42. The second-order valence-corrected chi connectivity index (χ2v) is 11.9. The molecular formula is C38H42F2N2O9. The molecule has 0 radical (unpaired) electrons. The number of esters is 2. The number of aliphatic carboxylic acids is 1. The van der Waals surface area contributed by atoms with Crippen molar-refractivity contribution in [3.63, 3.8) is 0 Å². The third-order valence-corrected chi connectivity index (χ3v) is 7.66. The van der Waals surface area contributed by atoms with Crippen LogP contribution in [0.25, 0.3) is 22.3 Å². The van der Waals surface area contributed by atoms with Gasteiger partial charge in [0.15, 0.2) is 6.10 Å². The Morgan fingerprint density at radius 1 is 0.765 bits per heavy atom. The van der Waals surface area contributed by atoms with E-state index in [1.165, 1.54) is 57.8 Å². The highest BCUT2D eigenvalue weighted by Crippen LogP contribution is 2.39. The van der Waals surface area contributed by atoms with Crippen molar-refractivity contribution in [1.82, 2.24) is 9.97 Å². The summed E-state index contributed by atoms with van der Waals surface area (Å²) in [6, 6.07) is 11.6. The van der Waals surface area contributed by atoms with Gasteiger partial charge in [0.05, 0.1) is 20.8 Å². The number of methoxy groups -OCH3 is 2. The second-order valence-electron chi connectivity index (χ2n) is 11.9. The number of benzene rings is 2. The number of aromatic nitrogens is 2. The van der Waals surface area contributed by atoms with Crippen molar-refractivity contribution in [3.05, 3.63) is 94.8 Å². The summed E-state index contributed by atoms with van der Waals surface area (Å²) in [5.41, 5.74) is 3.38. The van der Waals surface area contributed by atoms with Crippen LogP contribution >= 0.6 is 0 Å². The molecule has 0 aliphatic rings. The fraction of sp³-hybridized carbons (Fsp3) is 0.342. The van der Waals surface area contributed by atoms with Gasteiger partial charge in [0.2, 0.25) is 17.9 Å². The number of ether oxygens (including phenoxy) is 4. The highest BCUT2D eigenvalue weighted by atomic mass is 19.1. The molecule has 0 bridgehead atoms. The van der Waals surface area contributed by atoms with Gasteiger partial charge in [-0.1, -0.05) is 27.7 Å². The molecule has 2 N–H and O–H groups in total. The molecule has 2 unspecified atom stereocenters. The predicted molar refractivity (Wildman–Crippen MR) is 184 cm³/mol. The van der Waals surface area contributed by atoms with Crippen LogP contribution in [0.5, 0.6) is 11.8 Å². The Kier molecular flexibility index (Phi) is 14.1. The van der Waals surface area contributed by atoms with Crippen LogP contribution in [0.4, 0.5) is 8.78 Å². The Morgan fingerprint density at radius 2 is 1.22 bits per heavy atom. The Bertz CT molecular complexity index is 1860. The van der Waals surface area contributed by atoms with Gasteiger partial charge in [-0.15, -0.1) is 0 Å². The van der Waals surface area contributed by atoms with E-state index in [-0.39, 0.29) is 24.0 Å². The monoisotopic (exact) mass is 708 g/mol. The summed E-state index contributed by atoms with van der Waals surface area (Å²) in [5.74, 6) is -3.36. The number of carbonyl (C=O) groups excluding carboxylic acids is 2. The molecule has 0 fully saturated rings. The van der Waals surface area contributed by atoms with Crippen molar-refractivity contribution in [1.29, 1.82) is 0 Å². The predicted octanol–water partition coefficient (Wildman–Crippen LogP) is 7.32. The van der Waals surface area contributed by atoms with Gasteiger partial charge in [-0.2, -0.15) is 0 Å². The molecule has 0 saturated heterocycles. The summed E-state index contributed by atoms with van der Waals surface area (Å²) in [6.45, 7) is 10.3. The number of aliphatic hydroxyl groups is 1. The van der Waals surface area contributed by atoms with Gasteiger partial charge in [0.1, 0.15) is 11.6 Å². The van der Waals surface area contributed by atoms with Gasteiger partial charge in [-0.05, 0) is 88.5 Å². The van der Waals surface area contributed by atoms with Crippen LogP contribution in [0, 0.1) is 11.6 Å². The molecule has 11 nitrogen and oxygen atoms in total. The number of nitrogens with zero attached hydrogens (tertiary/aromatic N) is 2. The maximum atomic E-state index is 14.4. The van der Waals surface area contributed by atoms with E-state index in [9.17, 15) is 33.4 Å². The van der Waals surface area contributed by atoms with E-state index in [0.717, 1.165) is 0 Å². The summed E-state index contributed by atoms with van der Waals surface area (Å²) in [4.78, 5) is 43.6. The molecule has 0 aliphatic heterocycles. The summed E-state index contributed by atoms with van der Waals surface area (Å²) >= 11 is 0. The van der Waals surface area contributed by atoms with Crippen LogP contribution < -0.4 is 9.47 Å². The molecule has 51 heavy (non-hydrogen) atoms. The van der Waals surface area contributed by atoms with Gasteiger partial charge in [-0.25, -0.2) is 28.3 Å². The number of carboxylic acids is 1. The van der Waals surface area contributed by atoms with Crippen LogP contribution in [0.1, 0.15) is 87.8 Å². The molecule has 0 spiro atoms. The quantitative estimate of drug-likeness (QED) is 0.142. The van der Waals surface area contributed by atoms with E-state index < -0.39 is 41.8 Å². The van der Waals surface area contributed by atoms with E-state index in [0.29, 0.717) is 50.7 Å². The Balaban J connectivity index is 0.000000281. The molecule has 0 amide bonds. The first-order valence-corrected chi connectivity index (χ1v) is 16.0. The standard InChI is InChI=1S/C21H24FNO5.C17H18FNO4/c1-6-27-21(25)20(28-13(4)24)19-16(12(2)3)10-15(22)11-17(19)14-7-8-23-18(9-14)26-5;1-9(2)12-7-11(18)8-13(15(12)16(20)17(21)22)10-4-5-19-14(6-10)23-3/h7-12,20H,6H2,1-5H3;4-9,16,20H,1-3H3,(H,21,22). The number of carboxylic acid groups (broad SMARTS) is 1. The molecule has 0 saturated carbocycles. The third kappa shape index (κ3) is 10.1. The molecular weight excluding hydrogens is 666 g/mol. The minimum absolute atomic E-state index is 0.118. The molecule has 13 heteroatoms. The van der Waals surface area contributed by atoms with Gasteiger partial charge < -0.3 is 29.2 Å². The summed E-state index contributed by atoms with van der Waals surface area (Å²) < 4.78 is 49.1. The minimum atomic E-state index is -1.75. The van der Waals surface area contributed by atoms with Crippen LogP contribution in [0.3, 0.4) is 0 Å². The second kappa shape index (κ2) is 18.0. The Labute approximate surface area is 295 Å². The zero-order valence-electron chi connectivity index (χ0n) is 29.7. The molecule has 2 atom stereocenters. The molecule has 4 aromatic rings. The molecule has 2 heterocycles. The van der Waals surface area contributed by atoms with Gasteiger partial charge in [0.25, 0.3) is 0 Å². The average molecular weight is 709 g/mol. The first kappa shape index (κ1) is 40.0. The Morgan fingerprint density at radius 3 is 1.61 bits per heavy atom. The lowest BCUT2D eigenvalue weighted by Gasteiger charge is -2.24. The fourth-order valence-electron chi connectivity index (χ4n) is 5.42. The van der Waals surface area contributed by atoms with E-state index in [4.69, 9.17) is 18.9 Å². The highest BCUT2D eigenvalue weighted by Gasteiger charge is 2.32. The number of aliphatic hydroxyl groups excluding tert-OH is 1. The topological polar surface area (TPSA) is 154 Å². The van der Waals surface area contributed by atoms with E-state index >= 15 is 0 Å². The molecule has 0 aliphatic carbocycles. The Hall–Kier alpha value is -5.43. The zero-order valence-corrected chi connectivity index (χ0v) is 29.7. The van der Waals surface area contributed by atoms with Crippen LogP contribution in [-0.2, 0) is 23.9 Å². The van der Waals surface area contributed by atoms with Gasteiger partial charge in [0, 0.05) is 42.6 Å². The van der Waals surface area contributed by atoms with Gasteiger partial charge >= 0.3 is 17.9 Å². The summed E-state index contributed by atoms with van der Waals surface area (Å²) in [7, 11) is 2.92. The van der Waals surface area contributed by atoms with Crippen molar-refractivity contribution < 1.29 is 52.3 Å². The van der Waals surface area contributed by atoms with Crippen molar-refractivity contribution in [2.45, 2.75) is 65.6 Å². The normalized spacial score (nSPS) is 12.0. The number of pyridine rings is 2. The van der Waals surface area contributed by atoms with Crippen molar-refractivity contribution in [2.75, 3.05) is 20.8 Å². The summed E-state index contributed by atoms with van der Waals surface area (Å²) in [6.07, 6.45) is -0.0690. The third-order valence-electron chi connectivity index (χ3n) is 7.66. The lowest BCUT2D eigenvalue weighted by molar-refractivity contribution is -0.167. The van der Waals surface area contributed by atoms with Crippen molar-refractivity contribution in [2.24, 2.45) is 0 Å². The van der Waals surface area contributed by atoms with E-state index in [1.807, 2.05) is 27.7 Å². The van der Waals surface area contributed by atoms with Crippen LogP contribution in [0.15, 0.2) is 60.9 Å². The number of carbonyl (C=O) groups is 3. The lowest BCUT2D eigenvalue weighted by Crippen LogP contribution is -2.23. The van der Waals surface area contributed by atoms with Crippen molar-refractivity contribution in [3.8, 4) is 34.0 Å². The number of hydrogen-bond acceptors (Lipinski definition) is 10. The molecule has 272 valence electrons. The zero-order chi connectivity index (χ0) is 38.0. The van der Waals surface area contributed by atoms with Crippen LogP contribution in [-0.4, -0.2) is 58.9 Å². The van der Waals surface area contributed by atoms with Gasteiger partial charge in [-0.3, -0.25) is 4.79 Å². The molecule has 2 aromatic carbocycles. The smallest absolute Gasteiger partial charge is 0.352 e. The van der Waals surface area contributed by atoms with Crippen molar-refractivity contribution >= 4 is 17.9 Å². The van der Waals surface area contributed by atoms with E-state index in [1.54, 1.807) is 31.2 Å². The number of hydrogen-bond donors (Lipinski definition) is 2. The number of halogens is 2. The van der Waals surface area contributed by atoms with E-state index in [2.05, 4.69) is 9.97 Å². The maximum absolute atomic E-state index is 14.4. The van der Waals surface area contributed by atoms with Crippen LogP contribution in [0.2, 0.25) is 0 Å². The average Bonchev–Trinajstić information content (AvgIpc) is 3.09. The largest absolute Gasteiger partial charge is 0.481 e. The number of rotatable bonds is 12. The molecule has 4 rings (SSSR count). The minimum Gasteiger partial charge on any atom is -0.481 e. The highest BCUT2D eigenvalue weighted by molar-refractivity contribution is 5.85.